The average molecular weight is 1710 g/mol. The van der Waals surface area contributed by atoms with Crippen molar-refractivity contribution in [3.05, 3.63) is 240 Å². The van der Waals surface area contributed by atoms with Crippen LogP contribution in [-0.2, 0) is 5.41 Å². The Morgan fingerprint density at radius 1 is 0.392 bits per heavy atom. The number of halogens is 1. The van der Waals surface area contributed by atoms with Crippen LogP contribution in [0.25, 0.3) is 33.1 Å². The summed E-state index contributed by atoms with van der Waals surface area (Å²) in [5.41, 5.74) is 19.9. The van der Waals surface area contributed by atoms with Crippen LogP contribution in [-0.4, -0.2) is 86.9 Å². The summed E-state index contributed by atoms with van der Waals surface area (Å²) in [5, 5.41) is 66.4. The van der Waals surface area contributed by atoms with E-state index in [1.165, 1.54) is 224 Å². The van der Waals surface area contributed by atoms with E-state index in [0.717, 1.165) is 130 Å². The summed E-state index contributed by atoms with van der Waals surface area (Å²) >= 11 is 6.26. The van der Waals surface area contributed by atoms with Crippen molar-refractivity contribution >= 4 is 44.7 Å². The number of fused-ring (bicyclic) bond motifs is 6. The molecule has 19 heteroatoms. The summed E-state index contributed by atoms with van der Waals surface area (Å²) in [6.07, 6.45) is 81.0. The van der Waals surface area contributed by atoms with Gasteiger partial charge in [0.05, 0.1) is 145 Å². The SMILES string of the molecule is C=CC(O)c1c(C2CC2)ccn2cncc12.CC(C)(C)c1ccn2cncc2c1C(O)C1CCCCC1.OC(CC12CC3CC(CC(C3)C1)C2)c1c(C2CC2)ccn2cncc12.OC(c1c(C2CC2)ccn2cncc12)C1C2CC3CC(C2)CC1C3.OC(c1c(C2CCC2)ccn2cncc12)C1CCCCC1.OC(c1c(Cl)ccn2cncc12)C1CC=CCC1. The maximum atomic E-state index is 11.6. The Morgan fingerprint density at radius 3 is 1.18 bits per heavy atom. The number of nitrogens with zero attached hydrogens (tertiary/aromatic N) is 12. The van der Waals surface area contributed by atoms with E-state index in [4.69, 9.17) is 11.6 Å². The van der Waals surface area contributed by atoms with Gasteiger partial charge in [-0.15, -0.1) is 6.58 Å². The van der Waals surface area contributed by atoms with Crippen molar-refractivity contribution in [2.75, 3.05) is 0 Å². The van der Waals surface area contributed by atoms with Crippen LogP contribution in [0.4, 0.5) is 0 Å². The van der Waals surface area contributed by atoms with Crippen LogP contribution in [0.2, 0.25) is 5.02 Å². The number of aliphatic hydroxyl groups is 6. The first-order valence-electron chi connectivity index (χ1n) is 48.6. The van der Waals surface area contributed by atoms with Crippen molar-refractivity contribution in [1.82, 2.24) is 56.3 Å². The second kappa shape index (κ2) is 36.0. The Kier molecular flexibility index (Phi) is 24.4. The minimum absolute atomic E-state index is 0.0248. The van der Waals surface area contributed by atoms with Gasteiger partial charge in [0, 0.05) is 75.6 Å². The van der Waals surface area contributed by atoms with Gasteiger partial charge in [-0.05, 0) is 337 Å². The van der Waals surface area contributed by atoms with E-state index in [9.17, 15) is 30.6 Å². The van der Waals surface area contributed by atoms with E-state index in [1.807, 2.05) is 81.8 Å². The van der Waals surface area contributed by atoms with Gasteiger partial charge in [0.25, 0.3) is 0 Å². The monoisotopic (exact) mass is 1710 g/mol. The molecular weight excluding hydrogens is 1570 g/mol. The van der Waals surface area contributed by atoms with Crippen LogP contribution in [0.1, 0.15) is 361 Å². The normalized spacial score (nSPS) is 27.3. The molecule has 0 amide bonds. The fourth-order valence-electron chi connectivity index (χ4n) is 26.6. The number of allylic oxidation sites excluding steroid dienone is 2. The Morgan fingerprint density at radius 2 is 0.760 bits per heavy atom. The standard InChI is InChI=1S/C22H28N2O.C21H26N2O.C18H24N2O.C18H26N2O.C14H15ClN2O.C13H14N2O/c25-20(11-22-8-14-5-15(9-22)7-16(6-14)10-22)21-18(17-1-2-17)3-4-24-13-23-12-19(21)24;24-21(19-15-6-12-5-13(8-15)9-16(19)7-12)20-17(14-1-2-14)3-4-23-11-22-10-18(20)23;21-18(14-5-2-1-3-6-14)17-15(13-7-4-8-13)9-10-20-12-19-11-16(17)20;1-18(2,3)14-9-10-20-12-19-11-15(20)16(14)17(21)13-7-5-4-6-8-13;15-11-6-7-17-9-16-8-12(17)13(11)14(18)10-4-2-1-3-5-10;1-2-12(16)13-10(9-3-4-9)5-6-15-8-14-7-11(13)15/h3-4,12-17,20,25H,1-2,5-11H2;3-4,10-16,19,21,24H,1-2,5-9H2;9-14,18,21H,1-8H2;9-13,17,21H,4-8H2,1-3H3;1-2,6-10,14,18H,3-5H2;2,5-9,12,16H,1,3-4H2. The molecule has 6 N–H and O–H groups in total. The second-order valence-electron chi connectivity index (χ2n) is 42.2. The number of hydrogen-bond donors (Lipinski definition) is 6. The summed E-state index contributed by atoms with van der Waals surface area (Å²) in [6, 6.07) is 12.8. The number of aliphatic hydroxyl groups excluding tert-OH is 6. The van der Waals surface area contributed by atoms with Gasteiger partial charge in [-0.25, -0.2) is 29.9 Å². The molecule has 0 radical (unpaired) electrons. The molecule has 15 aliphatic carbocycles. The largest absolute Gasteiger partial charge is 0.388 e. The van der Waals surface area contributed by atoms with Crippen LogP contribution in [0.15, 0.2) is 174 Å². The van der Waals surface area contributed by atoms with Gasteiger partial charge in [-0.1, -0.05) is 95.5 Å². The Labute approximate surface area is 742 Å². The zero-order valence-corrected chi connectivity index (χ0v) is 74.6. The lowest BCUT2D eigenvalue weighted by molar-refractivity contribution is -0.0906. The van der Waals surface area contributed by atoms with E-state index in [2.05, 4.69) is 138 Å². The van der Waals surface area contributed by atoms with E-state index in [1.54, 1.807) is 31.1 Å². The van der Waals surface area contributed by atoms with Crippen LogP contribution >= 0.6 is 11.6 Å². The van der Waals surface area contributed by atoms with Crippen LogP contribution in [0, 0.1) is 70.5 Å². The Balaban J connectivity index is 0.0000000954. The van der Waals surface area contributed by atoms with Crippen LogP contribution in [0.5, 0.6) is 0 Å². The zero-order valence-electron chi connectivity index (χ0n) is 73.9. The molecule has 15 aliphatic rings. The molecule has 0 saturated heterocycles. The van der Waals surface area contributed by atoms with Gasteiger partial charge in [0.15, 0.2) is 0 Å². The highest BCUT2D eigenvalue weighted by atomic mass is 35.5. The van der Waals surface area contributed by atoms with Crippen molar-refractivity contribution in [2.45, 2.75) is 305 Å². The molecule has 12 aromatic heterocycles. The first-order chi connectivity index (χ1) is 60.9. The molecule has 14 saturated carbocycles. The minimum Gasteiger partial charge on any atom is -0.388 e. The molecule has 0 aliphatic heterocycles. The fourth-order valence-corrected chi connectivity index (χ4v) is 26.9. The number of rotatable bonds is 17. The highest BCUT2D eigenvalue weighted by Gasteiger charge is 2.54. The molecule has 7 atom stereocenters. The summed E-state index contributed by atoms with van der Waals surface area (Å²) in [5.74, 6) is 10.4. The lowest BCUT2D eigenvalue weighted by Crippen LogP contribution is -2.47. The molecule has 660 valence electrons. The average Bonchev–Trinajstić information content (AvgIpc) is 1.48. The highest BCUT2D eigenvalue weighted by molar-refractivity contribution is 6.31. The zero-order chi connectivity index (χ0) is 85.4. The van der Waals surface area contributed by atoms with Crippen LogP contribution < -0.4 is 0 Å². The van der Waals surface area contributed by atoms with Gasteiger partial charge in [0.1, 0.15) is 0 Å². The molecule has 0 aromatic carbocycles. The molecule has 7 unspecified atom stereocenters. The molecule has 18 nitrogen and oxygen atoms in total. The first kappa shape index (κ1) is 84.8. The van der Waals surface area contributed by atoms with Gasteiger partial charge in [-0.3, -0.25) is 0 Å². The van der Waals surface area contributed by atoms with Crippen molar-refractivity contribution in [3.63, 3.8) is 0 Å². The van der Waals surface area contributed by atoms with E-state index in [0.29, 0.717) is 51.9 Å². The predicted molar refractivity (Wildman–Crippen MR) is 493 cm³/mol. The maximum Gasteiger partial charge on any atom is 0.0992 e. The molecule has 14 fully saturated rings. The first-order valence-corrected chi connectivity index (χ1v) is 48.9. The fraction of sp³-hybridized carbons (Fsp3) is 0.566. The van der Waals surface area contributed by atoms with Gasteiger partial charge >= 0.3 is 0 Å². The molecule has 0 spiro atoms. The van der Waals surface area contributed by atoms with Gasteiger partial charge in [0.2, 0.25) is 0 Å². The highest BCUT2D eigenvalue weighted by Crippen LogP contribution is 2.64. The quantitative estimate of drug-likeness (QED) is 0.0468. The van der Waals surface area contributed by atoms with E-state index in [-0.39, 0.29) is 35.7 Å². The predicted octanol–water partition coefficient (Wildman–Crippen LogP) is 23.4. The summed E-state index contributed by atoms with van der Waals surface area (Å²) in [4.78, 5) is 25.5. The van der Waals surface area contributed by atoms with Crippen molar-refractivity contribution in [1.29, 1.82) is 0 Å². The number of aromatic nitrogens is 12. The summed E-state index contributed by atoms with van der Waals surface area (Å²) in [6.45, 7) is 10.3. The lowest BCUT2D eigenvalue weighted by Gasteiger charge is -2.57. The second-order valence-corrected chi connectivity index (χ2v) is 42.6. The third-order valence-electron chi connectivity index (χ3n) is 32.7. The number of hydrogen-bond acceptors (Lipinski definition) is 12. The number of imidazole rings is 6. The molecule has 8 bridgehead atoms. The number of pyridine rings is 6. The Bertz CT molecular complexity index is 5730. The van der Waals surface area contributed by atoms with Gasteiger partial charge in [-0.2, -0.15) is 0 Å². The topological polar surface area (TPSA) is 225 Å². The van der Waals surface area contributed by atoms with E-state index >= 15 is 0 Å². The van der Waals surface area contributed by atoms with E-state index < -0.39 is 12.2 Å². The molecular formula is C106H133ClN12O6. The molecule has 12 aromatic rings. The molecule has 12 heterocycles. The Hall–Kier alpha value is -8.33. The lowest BCUT2D eigenvalue weighted by atomic mass is 9.48. The van der Waals surface area contributed by atoms with Gasteiger partial charge < -0.3 is 57.0 Å². The summed E-state index contributed by atoms with van der Waals surface area (Å²) in [7, 11) is 0. The maximum absolute atomic E-state index is 11.6. The third kappa shape index (κ3) is 17.4. The smallest absolute Gasteiger partial charge is 0.0992 e. The van der Waals surface area contributed by atoms with Crippen molar-refractivity contribution < 1.29 is 30.6 Å². The summed E-state index contributed by atoms with van der Waals surface area (Å²) < 4.78 is 12.1. The van der Waals surface area contributed by atoms with Crippen molar-refractivity contribution in [3.8, 4) is 0 Å². The minimum atomic E-state index is -0.601. The van der Waals surface area contributed by atoms with Crippen molar-refractivity contribution in [2.24, 2.45) is 70.5 Å². The molecule has 125 heavy (non-hydrogen) atoms. The third-order valence-corrected chi connectivity index (χ3v) is 33.1. The molecule has 27 rings (SSSR count). The van der Waals surface area contributed by atoms with Crippen LogP contribution in [0.3, 0.4) is 0 Å².